The molecule has 0 aliphatic heterocycles. The summed E-state index contributed by atoms with van der Waals surface area (Å²) < 4.78 is 17.4. The minimum atomic E-state index is -2.87. The van der Waals surface area contributed by atoms with E-state index in [0.29, 0.717) is 0 Å². The molecule has 2 aromatic rings. The second kappa shape index (κ2) is 8.83. The number of hydrogen-bond acceptors (Lipinski definition) is 3. The molecule has 0 saturated carbocycles. The van der Waals surface area contributed by atoms with Gasteiger partial charge in [0.2, 0.25) is 0 Å². The van der Waals surface area contributed by atoms with Crippen molar-refractivity contribution in [3.8, 4) is 0 Å². The molecule has 8 nitrogen and oxygen atoms in total. The largest absolute Gasteiger partial charge is 0.692 e. The van der Waals surface area contributed by atoms with Crippen molar-refractivity contribution in [2.24, 2.45) is 0 Å². The zero-order valence-corrected chi connectivity index (χ0v) is 10.1. The van der Waals surface area contributed by atoms with Gasteiger partial charge in [0, 0.05) is 9.13 Å². The summed E-state index contributed by atoms with van der Waals surface area (Å²) in [6.07, 6.45) is 1.70. The van der Waals surface area contributed by atoms with Crippen LogP contribution in [-0.4, -0.2) is 29.5 Å². The van der Waals surface area contributed by atoms with Crippen molar-refractivity contribution in [2.75, 3.05) is 0 Å². The molecule has 17 heavy (non-hydrogen) atoms. The van der Waals surface area contributed by atoms with Crippen molar-refractivity contribution in [1.29, 1.82) is 0 Å². The zero-order valence-electron chi connectivity index (χ0n) is 8.33. The van der Waals surface area contributed by atoms with Crippen LogP contribution in [-0.2, 0) is 9.13 Å². The number of benzene rings is 1. The summed E-state index contributed by atoms with van der Waals surface area (Å²) in [7, 11) is -5.74. The molecule has 0 aliphatic carbocycles. The molecule has 0 aliphatic rings. The predicted molar refractivity (Wildman–Crippen MR) is 60.2 cm³/mol. The van der Waals surface area contributed by atoms with Crippen LogP contribution in [0.5, 0.6) is 0 Å². The molecule has 0 bridgehead atoms. The van der Waals surface area contributed by atoms with Crippen molar-refractivity contribution in [1.82, 2.24) is 9.97 Å². The molecule has 92 valence electrons. The second-order valence-electron chi connectivity index (χ2n) is 2.43. The summed E-state index contributed by atoms with van der Waals surface area (Å²) in [6, 6.07) is 7.94. The number of aromatic nitrogens is 2. The van der Waals surface area contributed by atoms with Crippen molar-refractivity contribution in [3.63, 3.8) is 0 Å². The molecule has 0 fully saturated rings. The zero-order chi connectivity index (χ0) is 13.3. The lowest BCUT2D eigenvalue weighted by Crippen LogP contribution is -1.63. The molecule has 2 rings (SSSR count). The van der Waals surface area contributed by atoms with Gasteiger partial charge in [-0.25, -0.2) is 4.98 Å². The third kappa shape index (κ3) is 9.65. The number of hydrogen-bond donors (Lipinski definition) is 5. The Kier molecular flexibility index (Phi) is 8.17. The van der Waals surface area contributed by atoms with Crippen LogP contribution in [0.1, 0.15) is 0 Å². The summed E-state index contributed by atoms with van der Waals surface area (Å²) in [5, 5.41) is 0. The van der Waals surface area contributed by atoms with Crippen LogP contribution in [0.2, 0.25) is 0 Å². The number of aromatic amines is 1. The number of rotatable bonds is 0. The highest BCUT2D eigenvalue weighted by Gasteiger charge is 1.93. The summed E-state index contributed by atoms with van der Waals surface area (Å²) in [5.41, 5.74) is 2.12. The number of H-pyrrole nitrogens is 1. The molecule has 0 atom stereocenters. The second-order valence-corrected chi connectivity index (χ2v) is 3.44. The fourth-order valence-electron chi connectivity index (χ4n) is 0.880. The van der Waals surface area contributed by atoms with E-state index in [-0.39, 0.29) is 0 Å². The minimum Gasteiger partial charge on any atom is -0.345 e. The van der Waals surface area contributed by atoms with Crippen LogP contribution in [0.15, 0.2) is 30.6 Å². The van der Waals surface area contributed by atoms with Crippen LogP contribution in [0.25, 0.3) is 11.0 Å². The first-order valence-corrected chi connectivity index (χ1v) is 6.34. The molecule has 1 aromatic carbocycles. The van der Waals surface area contributed by atoms with Crippen LogP contribution in [0, 0.1) is 0 Å². The van der Waals surface area contributed by atoms with Crippen LogP contribution in [0.4, 0.5) is 0 Å². The molecule has 0 amide bonds. The number of para-hydroxylation sites is 2. The SMILES string of the molecule is O=[P+](O)O.O=[P+](O)O.c1ccc2[nH]cnc2c1. The van der Waals surface area contributed by atoms with Gasteiger partial charge in [0.15, 0.2) is 0 Å². The molecule has 5 N–H and O–H groups in total. The Labute approximate surface area is 97.5 Å². The summed E-state index contributed by atoms with van der Waals surface area (Å²) >= 11 is 0. The molecule has 0 saturated heterocycles. The molecule has 0 spiro atoms. The maximum Gasteiger partial charge on any atom is 0.692 e. The van der Waals surface area contributed by atoms with Gasteiger partial charge in [-0.1, -0.05) is 12.1 Å². The van der Waals surface area contributed by atoms with Gasteiger partial charge in [-0.3, -0.25) is 0 Å². The summed E-state index contributed by atoms with van der Waals surface area (Å²) in [6.45, 7) is 0. The lowest BCUT2D eigenvalue weighted by atomic mass is 10.3. The van der Waals surface area contributed by atoms with Gasteiger partial charge in [0.1, 0.15) is 0 Å². The predicted octanol–water partition coefficient (Wildman–Crippen LogP) is 0.820. The number of nitrogens with one attached hydrogen (secondary N) is 1. The summed E-state index contributed by atoms with van der Waals surface area (Å²) in [5.74, 6) is 0. The minimum absolute atomic E-state index is 1.03. The highest BCUT2D eigenvalue weighted by molar-refractivity contribution is 7.31. The molecule has 0 radical (unpaired) electrons. The van der Waals surface area contributed by atoms with Gasteiger partial charge in [-0.15, -0.1) is 19.6 Å². The van der Waals surface area contributed by atoms with Crippen molar-refractivity contribution in [2.45, 2.75) is 0 Å². The fourth-order valence-corrected chi connectivity index (χ4v) is 0.880. The molecular formula is C7H10N2O6P2+2. The van der Waals surface area contributed by atoms with Crippen molar-refractivity contribution in [3.05, 3.63) is 30.6 Å². The van der Waals surface area contributed by atoms with Gasteiger partial charge >= 0.3 is 16.5 Å². The fraction of sp³-hybridized carbons (Fsp3) is 0. The van der Waals surface area contributed by atoms with E-state index in [9.17, 15) is 0 Å². The maximum atomic E-state index is 8.70. The van der Waals surface area contributed by atoms with Crippen molar-refractivity contribution >= 4 is 27.5 Å². The van der Waals surface area contributed by atoms with E-state index in [1.807, 2.05) is 24.3 Å². The van der Waals surface area contributed by atoms with Gasteiger partial charge in [0.05, 0.1) is 17.4 Å². The molecule has 0 unspecified atom stereocenters. The van der Waals surface area contributed by atoms with E-state index in [0.717, 1.165) is 11.0 Å². The first kappa shape index (κ1) is 15.7. The molecule has 10 heteroatoms. The summed E-state index contributed by atoms with van der Waals surface area (Å²) in [4.78, 5) is 35.6. The Morgan fingerprint density at radius 3 is 1.94 bits per heavy atom. The van der Waals surface area contributed by atoms with Crippen molar-refractivity contribution < 1.29 is 28.7 Å². The van der Waals surface area contributed by atoms with Crippen LogP contribution in [0.3, 0.4) is 0 Å². The van der Waals surface area contributed by atoms with Gasteiger partial charge in [0.25, 0.3) is 0 Å². The topological polar surface area (TPSA) is 144 Å². The third-order valence-electron chi connectivity index (χ3n) is 1.33. The van der Waals surface area contributed by atoms with Gasteiger partial charge in [-0.05, 0) is 12.1 Å². The van der Waals surface area contributed by atoms with E-state index in [1.165, 1.54) is 0 Å². The molecular weight excluding hydrogens is 270 g/mol. The van der Waals surface area contributed by atoms with Crippen LogP contribution < -0.4 is 0 Å². The number of nitrogens with zero attached hydrogens (tertiary/aromatic N) is 1. The lowest BCUT2D eigenvalue weighted by molar-refractivity contribution is 0.403. The third-order valence-corrected chi connectivity index (χ3v) is 1.33. The Balaban J connectivity index is 0.000000274. The number of fused-ring (bicyclic) bond motifs is 1. The van der Waals surface area contributed by atoms with Gasteiger partial charge in [-0.2, -0.15) is 0 Å². The first-order chi connectivity index (χ1) is 7.93. The van der Waals surface area contributed by atoms with E-state index in [4.69, 9.17) is 28.7 Å². The highest BCUT2D eigenvalue weighted by Crippen LogP contribution is 2.05. The average Bonchev–Trinajstić information content (AvgIpc) is 2.62. The van der Waals surface area contributed by atoms with Crippen LogP contribution >= 0.6 is 16.5 Å². The van der Waals surface area contributed by atoms with E-state index in [2.05, 4.69) is 9.97 Å². The van der Waals surface area contributed by atoms with E-state index < -0.39 is 16.5 Å². The lowest BCUT2D eigenvalue weighted by Gasteiger charge is -1.81. The number of imidazole rings is 1. The first-order valence-electron chi connectivity index (χ1n) is 4.01. The standard InChI is InChI=1S/C7H6N2.2HO3P/c1-2-4-7-6(3-1)8-5-9-7;2*1-4(2)3/h1-5H,(H,8,9);2*(H-,1,2,3)/p+2. The van der Waals surface area contributed by atoms with E-state index in [1.54, 1.807) is 6.33 Å². The quantitative estimate of drug-likeness (QED) is 0.449. The Morgan fingerprint density at radius 1 is 1.00 bits per heavy atom. The Bertz CT molecular complexity index is 438. The normalized spacial score (nSPS) is 8.47. The molecule has 1 heterocycles. The Hall–Kier alpha value is -1.27. The Morgan fingerprint density at radius 2 is 1.47 bits per heavy atom. The van der Waals surface area contributed by atoms with Gasteiger partial charge < -0.3 is 4.98 Å². The highest BCUT2D eigenvalue weighted by atomic mass is 31.1. The average molecular weight is 280 g/mol. The smallest absolute Gasteiger partial charge is 0.345 e. The molecule has 1 aromatic heterocycles. The monoisotopic (exact) mass is 280 g/mol. The maximum absolute atomic E-state index is 8.70. The van der Waals surface area contributed by atoms with E-state index >= 15 is 0 Å².